The summed E-state index contributed by atoms with van der Waals surface area (Å²) in [5.41, 5.74) is 1.42. The average molecular weight is 416 g/mol. The number of hydrogen-bond acceptors (Lipinski definition) is 4. The lowest BCUT2D eigenvalue weighted by Gasteiger charge is -2.13. The predicted octanol–water partition coefficient (Wildman–Crippen LogP) is 2.93. The SMILES string of the molecule is CCOCCCNC(=NCc1ccc(OC)cc1)NCC(=O)Nc1cccc(F)c1. The van der Waals surface area contributed by atoms with Crippen LogP contribution in [0.15, 0.2) is 53.5 Å². The first-order valence-corrected chi connectivity index (χ1v) is 9.89. The Morgan fingerprint density at radius 3 is 2.63 bits per heavy atom. The topological polar surface area (TPSA) is 84.0 Å². The Labute approximate surface area is 176 Å². The van der Waals surface area contributed by atoms with Gasteiger partial charge in [-0.2, -0.15) is 0 Å². The largest absolute Gasteiger partial charge is 0.497 e. The van der Waals surface area contributed by atoms with E-state index in [1.165, 1.54) is 12.1 Å². The van der Waals surface area contributed by atoms with Gasteiger partial charge in [0.25, 0.3) is 0 Å². The van der Waals surface area contributed by atoms with Crippen LogP contribution in [0.5, 0.6) is 5.75 Å². The number of guanidine groups is 1. The molecule has 0 aliphatic carbocycles. The number of hydrogen-bond donors (Lipinski definition) is 3. The number of halogens is 1. The lowest BCUT2D eigenvalue weighted by atomic mass is 10.2. The van der Waals surface area contributed by atoms with Crippen molar-refractivity contribution in [1.82, 2.24) is 10.6 Å². The molecule has 0 unspecified atom stereocenters. The predicted molar refractivity (Wildman–Crippen MR) is 116 cm³/mol. The molecule has 0 heterocycles. The van der Waals surface area contributed by atoms with Crippen LogP contribution in [0, 0.1) is 5.82 Å². The van der Waals surface area contributed by atoms with Crippen molar-refractivity contribution in [3.8, 4) is 5.75 Å². The minimum atomic E-state index is -0.404. The van der Waals surface area contributed by atoms with Crippen LogP contribution in [0.25, 0.3) is 0 Å². The van der Waals surface area contributed by atoms with Gasteiger partial charge in [-0.1, -0.05) is 18.2 Å². The van der Waals surface area contributed by atoms with Crippen molar-refractivity contribution >= 4 is 17.6 Å². The summed E-state index contributed by atoms with van der Waals surface area (Å²) in [5, 5.41) is 8.85. The maximum atomic E-state index is 13.3. The number of rotatable bonds is 11. The Hall–Kier alpha value is -3.13. The second kappa shape index (κ2) is 13.2. The second-order valence-corrected chi connectivity index (χ2v) is 6.40. The molecule has 0 atom stereocenters. The number of methoxy groups -OCH3 is 1. The molecule has 7 nitrogen and oxygen atoms in total. The number of benzene rings is 2. The summed E-state index contributed by atoms with van der Waals surface area (Å²) in [6, 6.07) is 13.4. The molecule has 3 N–H and O–H groups in total. The second-order valence-electron chi connectivity index (χ2n) is 6.40. The highest BCUT2D eigenvalue weighted by Crippen LogP contribution is 2.12. The zero-order valence-corrected chi connectivity index (χ0v) is 17.4. The van der Waals surface area contributed by atoms with Gasteiger partial charge < -0.3 is 25.4 Å². The van der Waals surface area contributed by atoms with Crippen LogP contribution in [0.1, 0.15) is 18.9 Å². The third-order valence-corrected chi connectivity index (χ3v) is 4.07. The molecule has 0 aliphatic heterocycles. The molecule has 2 rings (SSSR count). The van der Waals surface area contributed by atoms with Gasteiger partial charge in [-0.15, -0.1) is 0 Å². The number of carbonyl (C=O) groups excluding carboxylic acids is 1. The Balaban J connectivity index is 1.90. The highest BCUT2D eigenvalue weighted by atomic mass is 19.1. The lowest BCUT2D eigenvalue weighted by Crippen LogP contribution is -2.42. The highest BCUT2D eigenvalue weighted by molar-refractivity contribution is 5.94. The molecule has 0 spiro atoms. The van der Waals surface area contributed by atoms with Crippen molar-refractivity contribution in [3.63, 3.8) is 0 Å². The van der Waals surface area contributed by atoms with E-state index in [-0.39, 0.29) is 12.5 Å². The molecule has 162 valence electrons. The number of nitrogens with zero attached hydrogens (tertiary/aromatic N) is 1. The van der Waals surface area contributed by atoms with Crippen molar-refractivity contribution < 1.29 is 18.7 Å². The fraction of sp³-hybridized carbons (Fsp3) is 0.364. The summed E-state index contributed by atoms with van der Waals surface area (Å²) >= 11 is 0. The van der Waals surface area contributed by atoms with Gasteiger partial charge in [-0.3, -0.25) is 4.79 Å². The molecule has 0 radical (unpaired) electrons. The van der Waals surface area contributed by atoms with E-state index >= 15 is 0 Å². The minimum absolute atomic E-state index is 0.00355. The summed E-state index contributed by atoms with van der Waals surface area (Å²) in [6.45, 7) is 4.37. The van der Waals surface area contributed by atoms with Crippen LogP contribution in [-0.4, -0.2) is 45.3 Å². The standard InChI is InChI=1S/C22H29FN4O3/c1-3-30-13-5-12-24-22(25-15-17-8-10-20(29-2)11-9-17)26-16-21(28)27-19-7-4-6-18(23)14-19/h4,6-11,14H,3,5,12-13,15-16H2,1-2H3,(H,27,28)(H2,24,25,26). The van der Waals surface area contributed by atoms with Crippen molar-refractivity contribution in [3.05, 3.63) is 59.9 Å². The Morgan fingerprint density at radius 2 is 1.93 bits per heavy atom. The fourth-order valence-electron chi connectivity index (χ4n) is 2.54. The van der Waals surface area contributed by atoms with Gasteiger partial charge >= 0.3 is 0 Å². The number of carbonyl (C=O) groups is 1. The van der Waals surface area contributed by atoms with Crippen LogP contribution in [0.2, 0.25) is 0 Å². The van der Waals surface area contributed by atoms with Crippen molar-refractivity contribution in [1.29, 1.82) is 0 Å². The van der Waals surface area contributed by atoms with Crippen LogP contribution in [0.3, 0.4) is 0 Å². The monoisotopic (exact) mass is 416 g/mol. The van der Waals surface area contributed by atoms with E-state index in [0.717, 1.165) is 17.7 Å². The molecule has 0 bridgehead atoms. The van der Waals surface area contributed by atoms with Crippen LogP contribution < -0.4 is 20.7 Å². The molecule has 2 aromatic rings. The summed E-state index contributed by atoms with van der Waals surface area (Å²) in [7, 11) is 1.62. The summed E-state index contributed by atoms with van der Waals surface area (Å²) in [4.78, 5) is 16.7. The minimum Gasteiger partial charge on any atom is -0.497 e. The lowest BCUT2D eigenvalue weighted by molar-refractivity contribution is -0.115. The van der Waals surface area contributed by atoms with Gasteiger partial charge in [0.1, 0.15) is 11.6 Å². The Bertz CT molecular complexity index is 812. The van der Waals surface area contributed by atoms with E-state index < -0.39 is 5.82 Å². The van der Waals surface area contributed by atoms with E-state index in [1.807, 2.05) is 31.2 Å². The van der Waals surface area contributed by atoms with Crippen LogP contribution >= 0.6 is 0 Å². The normalized spacial score (nSPS) is 11.1. The third kappa shape index (κ3) is 8.91. The number of amides is 1. The maximum absolute atomic E-state index is 13.3. The molecule has 0 saturated carbocycles. The summed E-state index contributed by atoms with van der Waals surface area (Å²) in [6.07, 6.45) is 0.812. The maximum Gasteiger partial charge on any atom is 0.243 e. The average Bonchev–Trinajstić information content (AvgIpc) is 2.75. The molecule has 2 aromatic carbocycles. The van der Waals surface area contributed by atoms with Gasteiger partial charge in [-0.05, 0) is 49.2 Å². The van der Waals surface area contributed by atoms with Gasteiger partial charge in [-0.25, -0.2) is 9.38 Å². The molecule has 0 fully saturated rings. The van der Waals surface area contributed by atoms with Crippen molar-refractivity contribution in [2.75, 3.05) is 38.7 Å². The Morgan fingerprint density at radius 1 is 1.13 bits per heavy atom. The molecule has 8 heteroatoms. The molecule has 30 heavy (non-hydrogen) atoms. The zero-order chi connectivity index (χ0) is 21.6. The first-order valence-electron chi connectivity index (χ1n) is 9.89. The molecule has 0 saturated heterocycles. The van der Waals surface area contributed by atoms with Crippen LogP contribution in [0.4, 0.5) is 10.1 Å². The number of ether oxygens (including phenoxy) is 2. The molecular weight excluding hydrogens is 387 g/mol. The Kier molecular flexibility index (Phi) is 10.2. The van der Waals surface area contributed by atoms with E-state index in [4.69, 9.17) is 9.47 Å². The fourth-order valence-corrected chi connectivity index (χ4v) is 2.54. The zero-order valence-electron chi connectivity index (χ0n) is 17.4. The van der Waals surface area contributed by atoms with Gasteiger partial charge in [0.15, 0.2) is 5.96 Å². The number of anilines is 1. The van der Waals surface area contributed by atoms with Crippen molar-refractivity contribution in [2.45, 2.75) is 19.9 Å². The number of nitrogens with one attached hydrogen (secondary N) is 3. The summed E-state index contributed by atoms with van der Waals surface area (Å²) in [5.74, 6) is 0.591. The molecular formula is C22H29FN4O3. The molecule has 1 amide bonds. The molecule has 0 aliphatic rings. The van der Waals surface area contributed by atoms with E-state index in [1.54, 1.807) is 19.2 Å². The quantitative estimate of drug-likeness (QED) is 0.298. The van der Waals surface area contributed by atoms with E-state index in [2.05, 4.69) is 20.9 Å². The van der Waals surface area contributed by atoms with Crippen molar-refractivity contribution in [2.24, 2.45) is 4.99 Å². The van der Waals surface area contributed by atoms with Gasteiger partial charge in [0.05, 0.1) is 20.2 Å². The first kappa shape index (κ1) is 23.2. The molecule has 0 aromatic heterocycles. The third-order valence-electron chi connectivity index (χ3n) is 4.07. The highest BCUT2D eigenvalue weighted by Gasteiger charge is 2.06. The summed E-state index contributed by atoms with van der Waals surface area (Å²) < 4.78 is 23.7. The van der Waals surface area contributed by atoms with Gasteiger partial charge in [0.2, 0.25) is 5.91 Å². The van der Waals surface area contributed by atoms with Crippen LogP contribution in [-0.2, 0) is 16.1 Å². The van der Waals surface area contributed by atoms with E-state index in [9.17, 15) is 9.18 Å². The first-order chi connectivity index (χ1) is 14.6. The number of aliphatic imine (C=N–C) groups is 1. The van der Waals surface area contributed by atoms with Gasteiger partial charge in [0, 0.05) is 25.4 Å². The van der Waals surface area contributed by atoms with E-state index in [0.29, 0.717) is 38.0 Å². The smallest absolute Gasteiger partial charge is 0.243 e.